The van der Waals surface area contributed by atoms with E-state index in [4.69, 9.17) is 0 Å². The number of aryl methyl sites for hydroxylation is 2. The zero-order chi connectivity index (χ0) is 21.0. The molecule has 1 heterocycles. The van der Waals surface area contributed by atoms with Crippen LogP contribution in [-0.4, -0.2) is 26.4 Å². The molecule has 0 unspecified atom stereocenters. The molecule has 0 saturated carbocycles. The molecule has 1 aromatic heterocycles. The van der Waals surface area contributed by atoms with Crippen LogP contribution in [0.2, 0.25) is 0 Å². The average molecular weight is 536 g/mol. The molecule has 0 aliphatic carbocycles. The van der Waals surface area contributed by atoms with E-state index in [-0.39, 0.29) is 11.7 Å². The van der Waals surface area contributed by atoms with Gasteiger partial charge in [-0.1, -0.05) is 61.8 Å². The van der Waals surface area contributed by atoms with Gasteiger partial charge in [0.25, 0.3) is 0 Å². The van der Waals surface area contributed by atoms with Crippen LogP contribution in [0.25, 0.3) is 11.4 Å². The van der Waals surface area contributed by atoms with Gasteiger partial charge in [0, 0.05) is 26.7 Å². The Labute approximate surface area is 191 Å². The number of benzene rings is 2. The minimum Gasteiger partial charge on any atom is -0.325 e. The highest BCUT2D eigenvalue weighted by Gasteiger charge is 2.16. The molecule has 150 valence electrons. The minimum absolute atomic E-state index is 0.0816. The number of thioether (sulfide) groups is 1. The Kier molecular flexibility index (Phi) is 7.32. The highest BCUT2D eigenvalue weighted by atomic mass is 79.9. The Morgan fingerprint density at radius 3 is 2.41 bits per heavy atom. The van der Waals surface area contributed by atoms with Crippen molar-refractivity contribution in [3.05, 3.63) is 69.1 Å². The Bertz CT molecular complexity index is 1020. The second-order valence-corrected chi connectivity index (χ2v) is 9.24. The predicted molar refractivity (Wildman–Crippen MR) is 126 cm³/mol. The van der Waals surface area contributed by atoms with Gasteiger partial charge < -0.3 is 5.32 Å². The number of carbonyl (C=O) groups is 1. The fraction of sp³-hybridized carbons (Fsp3) is 0.190. The van der Waals surface area contributed by atoms with Gasteiger partial charge in [-0.15, -0.1) is 16.8 Å². The van der Waals surface area contributed by atoms with Gasteiger partial charge in [0.15, 0.2) is 11.0 Å². The first-order valence-corrected chi connectivity index (χ1v) is 11.5. The monoisotopic (exact) mass is 534 g/mol. The first-order valence-electron chi connectivity index (χ1n) is 8.88. The Morgan fingerprint density at radius 2 is 1.79 bits per heavy atom. The molecule has 5 nitrogen and oxygen atoms in total. The average Bonchev–Trinajstić information content (AvgIpc) is 3.06. The third kappa shape index (κ3) is 5.38. The quantitative estimate of drug-likeness (QED) is 0.297. The van der Waals surface area contributed by atoms with Crippen LogP contribution in [0.5, 0.6) is 0 Å². The molecule has 1 N–H and O–H groups in total. The summed E-state index contributed by atoms with van der Waals surface area (Å²) in [7, 11) is 0. The number of halogens is 2. The molecule has 3 rings (SSSR count). The molecular weight excluding hydrogens is 516 g/mol. The maximum Gasteiger partial charge on any atom is 0.234 e. The first-order chi connectivity index (χ1) is 13.9. The minimum atomic E-state index is -0.0816. The van der Waals surface area contributed by atoms with Gasteiger partial charge in [-0.25, -0.2) is 0 Å². The second-order valence-electron chi connectivity index (χ2n) is 6.46. The molecule has 0 saturated heterocycles. The summed E-state index contributed by atoms with van der Waals surface area (Å²) in [6.45, 7) is 8.35. The number of nitrogens with one attached hydrogen (secondary N) is 1. The zero-order valence-electron chi connectivity index (χ0n) is 16.1. The molecule has 0 atom stereocenters. The number of allylic oxidation sites excluding steroid dienone is 1. The van der Waals surface area contributed by atoms with Gasteiger partial charge in [-0.2, -0.15) is 0 Å². The van der Waals surface area contributed by atoms with Crippen LogP contribution >= 0.6 is 43.6 Å². The van der Waals surface area contributed by atoms with E-state index >= 15 is 0 Å². The molecule has 29 heavy (non-hydrogen) atoms. The summed E-state index contributed by atoms with van der Waals surface area (Å²) in [5.41, 5.74) is 3.84. The number of hydrogen-bond acceptors (Lipinski definition) is 4. The van der Waals surface area contributed by atoms with E-state index in [0.717, 1.165) is 37.1 Å². The normalized spacial score (nSPS) is 10.8. The lowest BCUT2D eigenvalue weighted by Crippen LogP contribution is -2.16. The number of aromatic nitrogens is 3. The molecule has 1 amide bonds. The van der Waals surface area contributed by atoms with Gasteiger partial charge in [-0.05, 0) is 49.2 Å². The van der Waals surface area contributed by atoms with E-state index in [1.165, 1.54) is 11.8 Å². The van der Waals surface area contributed by atoms with Gasteiger partial charge in [0.1, 0.15) is 0 Å². The van der Waals surface area contributed by atoms with Crippen LogP contribution in [0.15, 0.2) is 63.2 Å². The lowest BCUT2D eigenvalue weighted by Gasteiger charge is -2.12. The van der Waals surface area contributed by atoms with Crippen molar-refractivity contribution in [1.29, 1.82) is 0 Å². The summed E-state index contributed by atoms with van der Waals surface area (Å²) < 4.78 is 3.96. The largest absolute Gasteiger partial charge is 0.325 e. The van der Waals surface area contributed by atoms with Crippen molar-refractivity contribution in [3.8, 4) is 11.4 Å². The Balaban J connectivity index is 1.74. The summed E-state index contributed by atoms with van der Waals surface area (Å²) in [5.74, 6) is 0.909. The summed E-state index contributed by atoms with van der Waals surface area (Å²) >= 11 is 8.28. The third-order valence-corrected chi connectivity index (χ3v) is 6.18. The maximum atomic E-state index is 12.5. The van der Waals surface area contributed by atoms with Crippen LogP contribution in [0.1, 0.15) is 11.1 Å². The fourth-order valence-electron chi connectivity index (χ4n) is 2.92. The number of amides is 1. The lowest BCUT2D eigenvalue weighted by atomic mass is 10.1. The topological polar surface area (TPSA) is 59.8 Å². The number of anilines is 1. The zero-order valence-corrected chi connectivity index (χ0v) is 20.1. The summed E-state index contributed by atoms with van der Waals surface area (Å²) in [6.07, 6.45) is 1.80. The van der Waals surface area contributed by atoms with Crippen LogP contribution in [0.4, 0.5) is 5.69 Å². The van der Waals surface area contributed by atoms with Crippen molar-refractivity contribution in [2.45, 2.75) is 25.5 Å². The number of rotatable bonds is 7. The summed E-state index contributed by atoms with van der Waals surface area (Å²) in [4.78, 5) is 12.5. The van der Waals surface area contributed by atoms with Crippen molar-refractivity contribution in [2.24, 2.45) is 0 Å². The number of hydrogen-bond donors (Lipinski definition) is 1. The van der Waals surface area contributed by atoms with Crippen LogP contribution in [0, 0.1) is 13.8 Å². The standard InChI is InChI=1S/C21H20Br2N4OS/c1-4-9-27-20(15-5-7-16(22)8-6-15)25-26-21(27)29-12-18(28)24-19-13(2)10-17(23)11-14(19)3/h4-8,10-11H,1,9,12H2,2-3H3,(H,24,28). The summed E-state index contributed by atoms with van der Waals surface area (Å²) in [6, 6.07) is 11.9. The van der Waals surface area contributed by atoms with Crippen LogP contribution < -0.4 is 5.32 Å². The van der Waals surface area contributed by atoms with Gasteiger partial charge in [-0.3, -0.25) is 9.36 Å². The molecule has 3 aromatic rings. The molecule has 8 heteroatoms. The van der Waals surface area contributed by atoms with E-state index in [9.17, 15) is 4.79 Å². The first kappa shape index (κ1) is 21.8. The maximum absolute atomic E-state index is 12.5. The Morgan fingerprint density at radius 1 is 1.14 bits per heavy atom. The van der Waals surface area contributed by atoms with Gasteiger partial charge >= 0.3 is 0 Å². The molecule has 0 radical (unpaired) electrons. The number of nitrogens with zero attached hydrogens (tertiary/aromatic N) is 3. The highest BCUT2D eigenvalue weighted by molar-refractivity contribution is 9.10. The van der Waals surface area contributed by atoms with Crippen molar-refractivity contribution in [3.63, 3.8) is 0 Å². The third-order valence-electron chi connectivity index (χ3n) is 4.23. The second kappa shape index (κ2) is 9.73. The molecule has 2 aromatic carbocycles. The van der Waals surface area contributed by atoms with Crippen molar-refractivity contribution < 1.29 is 4.79 Å². The SMILES string of the molecule is C=CCn1c(SCC(=O)Nc2c(C)cc(Br)cc2C)nnc1-c1ccc(Br)cc1. The molecule has 0 aliphatic rings. The fourth-order valence-corrected chi connectivity index (χ4v) is 4.61. The van der Waals surface area contributed by atoms with E-state index in [1.807, 2.05) is 54.8 Å². The lowest BCUT2D eigenvalue weighted by molar-refractivity contribution is -0.113. The van der Waals surface area contributed by atoms with Gasteiger partial charge in [0.2, 0.25) is 5.91 Å². The van der Waals surface area contributed by atoms with Crippen molar-refractivity contribution >= 4 is 55.2 Å². The smallest absolute Gasteiger partial charge is 0.234 e. The molecular formula is C21H20Br2N4OS. The Hall–Kier alpha value is -1.90. The molecule has 0 aliphatic heterocycles. The number of carbonyl (C=O) groups excluding carboxylic acids is 1. The van der Waals surface area contributed by atoms with Crippen LogP contribution in [-0.2, 0) is 11.3 Å². The molecule has 0 bridgehead atoms. The molecule has 0 spiro atoms. The van der Waals surface area contributed by atoms with Crippen molar-refractivity contribution in [2.75, 3.05) is 11.1 Å². The van der Waals surface area contributed by atoms with E-state index < -0.39 is 0 Å². The predicted octanol–water partition coefficient (Wildman–Crippen LogP) is 6.00. The van der Waals surface area contributed by atoms with Crippen LogP contribution in [0.3, 0.4) is 0 Å². The molecule has 0 fully saturated rings. The van der Waals surface area contributed by atoms with E-state index in [0.29, 0.717) is 11.7 Å². The van der Waals surface area contributed by atoms with Crippen molar-refractivity contribution in [1.82, 2.24) is 14.8 Å². The summed E-state index contributed by atoms with van der Waals surface area (Å²) in [5, 5.41) is 12.3. The van der Waals surface area contributed by atoms with Gasteiger partial charge in [0.05, 0.1) is 5.75 Å². The highest BCUT2D eigenvalue weighted by Crippen LogP contribution is 2.27. The van der Waals surface area contributed by atoms with E-state index in [2.05, 4.69) is 54.0 Å². The van der Waals surface area contributed by atoms with E-state index in [1.54, 1.807) is 6.08 Å².